The molecular weight excluding hydrogens is 338 g/mol. The lowest BCUT2D eigenvalue weighted by Gasteiger charge is -2.17. The van der Waals surface area contributed by atoms with E-state index in [1.807, 2.05) is 59.3 Å². The standard InChI is InChI=1S/C21H23N5O/c1-2-7-19(15-8-4-3-5-9-15)21(27)22-17-11-6-10-16(14-17)20-23-24-25-26(20)18-12-13-18/h3-6,8-11,14,18-19H,2,7,12-13H2,1H3,(H,22,27)/t19-/m0/s1. The summed E-state index contributed by atoms with van der Waals surface area (Å²) in [7, 11) is 0. The first-order valence-corrected chi connectivity index (χ1v) is 9.50. The van der Waals surface area contributed by atoms with Crippen LogP contribution in [-0.2, 0) is 4.79 Å². The van der Waals surface area contributed by atoms with Gasteiger partial charge in [0, 0.05) is 11.3 Å². The van der Waals surface area contributed by atoms with Crippen molar-refractivity contribution in [1.29, 1.82) is 0 Å². The Bertz CT molecular complexity index is 917. The van der Waals surface area contributed by atoms with Gasteiger partial charge in [0.05, 0.1) is 12.0 Å². The molecular formula is C21H23N5O. The predicted molar refractivity (Wildman–Crippen MR) is 104 cm³/mol. The zero-order chi connectivity index (χ0) is 18.6. The molecule has 0 saturated heterocycles. The summed E-state index contributed by atoms with van der Waals surface area (Å²) in [6.07, 6.45) is 3.99. The number of nitrogens with zero attached hydrogens (tertiary/aromatic N) is 4. The molecule has 1 atom stereocenters. The lowest BCUT2D eigenvalue weighted by Crippen LogP contribution is -2.21. The molecule has 1 aliphatic carbocycles. The van der Waals surface area contributed by atoms with E-state index in [1.165, 1.54) is 0 Å². The van der Waals surface area contributed by atoms with Crippen molar-refractivity contribution in [2.75, 3.05) is 5.32 Å². The first kappa shape index (κ1) is 17.4. The van der Waals surface area contributed by atoms with E-state index in [2.05, 4.69) is 27.8 Å². The van der Waals surface area contributed by atoms with Crippen LogP contribution in [0.15, 0.2) is 54.6 Å². The van der Waals surface area contributed by atoms with E-state index in [9.17, 15) is 4.79 Å². The van der Waals surface area contributed by atoms with Gasteiger partial charge in [-0.05, 0) is 47.4 Å². The molecule has 4 rings (SSSR count). The molecule has 0 bridgehead atoms. The summed E-state index contributed by atoms with van der Waals surface area (Å²) < 4.78 is 1.88. The SMILES string of the molecule is CCC[C@H](C(=O)Nc1cccc(-c2nnnn2C2CC2)c1)c1ccccc1. The van der Waals surface area contributed by atoms with E-state index < -0.39 is 0 Å². The van der Waals surface area contributed by atoms with Crippen molar-refractivity contribution in [3.05, 3.63) is 60.2 Å². The van der Waals surface area contributed by atoms with E-state index in [4.69, 9.17) is 0 Å². The highest BCUT2D eigenvalue weighted by atomic mass is 16.1. The van der Waals surface area contributed by atoms with Crippen molar-refractivity contribution >= 4 is 11.6 Å². The fraction of sp³-hybridized carbons (Fsp3) is 0.333. The van der Waals surface area contributed by atoms with Crippen molar-refractivity contribution in [2.45, 2.75) is 44.6 Å². The Hall–Kier alpha value is -3.02. The van der Waals surface area contributed by atoms with Crippen LogP contribution in [0.3, 0.4) is 0 Å². The average Bonchev–Trinajstić information content (AvgIpc) is 3.43. The summed E-state index contributed by atoms with van der Waals surface area (Å²) in [5, 5.41) is 15.2. The normalized spacial score (nSPS) is 14.7. The second-order valence-electron chi connectivity index (χ2n) is 7.00. The molecule has 1 N–H and O–H groups in total. The van der Waals surface area contributed by atoms with Crippen molar-refractivity contribution < 1.29 is 4.79 Å². The molecule has 1 heterocycles. The average molecular weight is 361 g/mol. The number of rotatable bonds is 7. The molecule has 2 aromatic carbocycles. The molecule has 1 fully saturated rings. The maximum atomic E-state index is 12.9. The van der Waals surface area contributed by atoms with Gasteiger partial charge in [-0.3, -0.25) is 4.79 Å². The van der Waals surface area contributed by atoms with Crippen LogP contribution in [0.25, 0.3) is 11.4 Å². The highest BCUT2D eigenvalue weighted by Crippen LogP contribution is 2.36. The van der Waals surface area contributed by atoms with Crippen LogP contribution < -0.4 is 5.32 Å². The third-order valence-corrected chi connectivity index (χ3v) is 4.87. The number of hydrogen-bond acceptors (Lipinski definition) is 4. The summed E-state index contributed by atoms with van der Waals surface area (Å²) in [4.78, 5) is 12.9. The van der Waals surface area contributed by atoms with E-state index in [-0.39, 0.29) is 11.8 Å². The zero-order valence-corrected chi connectivity index (χ0v) is 15.4. The molecule has 0 radical (unpaired) electrons. The molecule has 1 amide bonds. The van der Waals surface area contributed by atoms with Crippen LogP contribution in [0.2, 0.25) is 0 Å². The fourth-order valence-corrected chi connectivity index (χ4v) is 3.34. The Morgan fingerprint density at radius 1 is 1.19 bits per heavy atom. The first-order chi connectivity index (χ1) is 13.3. The maximum Gasteiger partial charge on any atom is 0.231 e. The molecule has 0 spiro atoms. The van der Waals surface area contributed by atoms with Crippen molar-refractivity contribution in [1.82, 2.24) is 20.2 Å². The van der Waals surface area contributed by atoms with E-state index in [1.54, 1.807) is 0 Å². The van der Waals surface area contributed by atoms with Gasteiger partial charge in [-0.1, -0.05) is 55.8 Å². The summed E-state index contributed by atoms with van der Waals surface area (Å²) >= 11 is 0. The lowest BCUT2D eigenvalue weighted by molar-refractivity contribution is -0.117. The smallest absolute Gasteiger partial charge is 0.231 e. The Balaban J connectivity index is 1.55. The zero-order valence-electron chi connectivity index (χ0n) is 15.4. The largest absolute Gasteiger partial charge is 0.326 e. The lowest BCUT2D eigenvalue weighted by atomic mass is 9.93. The minimum absolute atomic E-state index is 0.0157. The van der Waals surface area contributed by atoms with E-state index in [0.717, 1.165) is 48.3 Å². The van der Waals surface area contributed by atoms with Crippen molar-refractivity contribution in [2.24, 2.45) is 0 Å². The van der Waals surface area contributed by atoms with Crippen LogP contribution in [0, 0.1) is 0 Å². The van der Waals surface area contributed by atoms with Gasteiger partial charge in [0.2, 0.25) is 5.91 Å². The molecule has 138 valence electrons. The highest BCUT2D eigenvalue weighted by molar-refractivity contribution is 5.96. The molecule has 0 unspecified atom stereocenters. The van der Waals surface area contributed by atoms with Gasteiger partial charge in [0.25, 0.3) is 0 Å². The van der Waals surface area contributed by atoms with Crippen LogP contribution in [0.5, 0.6) is 0 Å². The van der Waals surface area contributed by atoms with Crippen LogP contribution in [-0.4, -0.2) is 26.1 Å². The number of hydrogen-bond donors (Lipinski definition) is 1. The van der Waals surface area contributed by atoms with Crippen molar-refractivity contribution in [3.8, 4) is 11.4 Å². The molecule has 6 heteroatoms. The number of aromatic nitrogens is 4. The van der Waals surface area contributed by atoms with Gasteiger partial charge in [-0.25, -0.2) is 4.68 Å². The number of carbonyl (C=O) groups excluding carboxylic acids is 1. The van der Waals surface area contributed by atoms with Crippen LogP contribution in [0.1, 0.15) is 50.1 Å². The Labute approximate surface area is 158 Å². The van der Waals surface area contributed by atoms with Crippen LogP contribution >= 0.6 is 0 Å². The molecule has 0 aliphatic heterocycles. The number of anilines is 1. The number of nitrogens with one attached hydrogen (secondary N) is 1. The fourth-order valence-electron chi connectivity index (χ4n) is 3.34. The molecule has 6 nitrogen and oxygen atoms in total. The predicted octanol–water partition coefficient (Wildman–Crippen LogP) is 4.20. The summed E-state index contributed by atoms with van der Waals surface area (Å²) in [5.41, 5.74) is 2.72. The molecule has 3 aromatic rings. The quantitative estimate of drug-likeness (QED) is 0.684. The van der Waals surface area contributed by atoms with Gasteiger partial charge in [-0.2, -0.15) is 0 Å². The van der Waals surface area contributed by atoms with Gasteiger partial charge in [0.1, 0.15) is 0 Å². The summed E-state index contributed by atoms with van der Waals surface area (Å²) in [5.74, 6) is 0.611. The first-order valence-electron chi connectivity index (χ1n) is 9.50. The second-order valence-corrected chi connectivity index (χ2v) is 7.00. The van der Waals surface area contributed by atoms with Crippen molar-refractivity contribution in [3.63, 3.8) is 0 Å². The van der Waals surface area contributed by atoms with Crippen LogP contribution in [0.4, 0.5) is 5.69 Å². The summed E-state index contributed by atoms with van der Waals surface area (Å²) in [6, 6.07) is 18.1. The Morgan fingerprint density at radius 2 is 2.00 bits per heavy atom. The van der Waals surface area contributed by atoms with Gasteiger partial charge < -0.3 is 5.32 Å². The number of amides is 1. The monoisotopic (exact) mass is 361 g/mol. The Kier molecular flexibility index (Phi) is 4.96. The third kappa shape index (κ3) is 3.89. The highest BCUT2D eigenvalue weighted by Gasteiger charge is 2.28. The number of benzene rings is 2. The maximum absolute atomic E-state index is 12.9. The number of tetrazole rings is 1. The second kappa shape index (κ2) is 7.70. The minimum Gasteiger partial charge on any atom is -0.326 e. The minimum atomic E-state index is -0.156. The summed E-state index contributed by atoms with van der Waals surface area (Å²) in [6.45, 7) is 2.10. The van der Waals surface area contributed by atoms with E-state index >= 15 is 0 Å². The Morgan fingerprint density at radius 3 is 2.74 bits per heavy atom. The van der Waals surface area contributed by atoms with Gasteiger partial charge in [-0.15, -0.1) is 5.10 Å². The molecule has 1 saturated carbocycles. The topological polar surface area (TPSA) is 72.7 Å². The van der Waals surface area contributed by atoms with Gasteiger partial charge in [0.15, 0.2) is 5.82 Å². The van der Waals surface area contributed by atoms with Gasteiger partial charge >= 0.3 is 0 Å². The molecule has 1 aromatic heterocycles. The molecule has 27 heavy (non-hydrogen) atoms. The number of carbonyl (C=O) groups is 1. The third-order valence-electron chi connectivity index (χ3n) is 4.87. The van der Waals surface area contributed by atoms with E-state index in [0.29, 0.717) is 6.04 Å². The molecule has 1 aliphatic rings.